The number of benzene rings is 2. The van der Waals surface area contributed by atoms with Gasteiger partial charge in [0.1, 0.15) is 17.2 Å². The number of nitrogens with zero attached hydrogens (tertiary/aromatic N) is 4. The predicted octanol–water partition coefficient (Wildman–Crippen LogP) is 6.73. The van der Waals surface area contributed by atoms with Gasteiger partial charge in [-0.05, 0) is 74.6 Å². The number of anilines is 2. The summed E-state index contributed by atoms with van der Waals surface area (Å²) in [5.41, 5.74) is 7.07. The maximum absolute atomic E-state index is 5.66. The smallest absolute Gasteiger partial charge is 0.222 e. The van der Waals surface area contributed by atoms with Gasteiger partial charge in [-0.15, -0.1) is 0 Å². The molecule has 8 nitrogen and oxygen atoms in total. The zero-order chi connectivity index (χ0) is 26.8. The molecule has 2 aromatic carbocycles. The number of furan rings is 1. The van der Waals surface area contributed by atoms with E-state index in [9.17, 15) is 0 Å². The van der Waals surface area contributed by atoms with E-state index >= 15 is 0 Å². The molecule has 2 unspecified atom stereocenters. The second-order valence-electron chi connectivity index (χ2n) is 10.1. The molecule has 1 aliphatic heterocycles. The topological polar surface area (TPSA) is 98.0 Å². The van der Waals surface area contributed by atoms with Crippen molar-refractivity contribution in [2.75, 3.05) is 23.8 Å². The Hall–Kier alpha value is -4.30. The largest absolute Gasteiger partial charge is 0.464 e. The van der Waals surface area contributed by atoms with Gasteiger partial charge in [0.05, 0.1) is 18.1 Å². The number of hydrogen-bond acceptors (Lipinski definition) is 8. The molecular weight excluding hydrogens is 488 g/mol. The van der Waals surface area contributed by atoms with Crippen molar-refractivity contribution in [3.8, 4) is 22.4 Å². The van der Waals surface area contributed by atoms with Crippen molar-refractivity contribution in [2.45, 2.75) is 45.8 Å². The molecule has 198 valence electrons. The number of aromatic nitrogens is 4. The highest BCUT2D eigenvalue weighted by Crippen LogP contribution is 2.29. The molecule has 0 saturated carbocycles. The van der Waals surface area contributed by atoms with Crippen molar-refractivity contribution in [3.63, 3.8) is 0 Å². The third-order valence-electron chi connectivity index (χ3n) is 7.15. The van der Waals surface area contributed by atoms with Crippen molar-refractivity contribution >= 4 is 22.7 Å². The fourth-order valence-electron chi connectivity index (χ4n) is 4.98. The van der Waals surface area contributed by atoms with Crippen LogP contribution in [0.3, 0.4) is 0 Å². The van der Waals surface area contributed by atoms with Crippen LogP contribution in [0.1, 0.15) is 42.8 Å². The van der Waals surface area contributed by atoms with E-state index in [1.807, 2.05) is 44.4 Å². The maximum atomic E-state index is 5.66. The summed E-state index contributed by atoms with van der Waals surface area (Å²) in [4.78, 5) is 18.4. The van der Waals surface area contributed by atoms with Crippen LogP contribution in [-0.2, 0) is 4.74 Å². The van der Waals surface area contributed by atoms with Gasteiger partial charge in [-0.25, -0.2) is 19.9 Å². The molecule has 3 aromatic heterocycles. The fourth-order valence-corrected chi connectivity index (χ4v) is 4.98. The molecular formula is C31H32N6O2. The minimum Gasteiger partial charge on any atom is -0.464 e. The Morgan fingerprint density at radius 1 is 0.974 bits per heavy atom. The second kappa shape index (κ2) is 10.8. The molecule has 2 N–H and O–H groups in total. The van der Waals surface area contributed by atoms with Crippen LogP contribution in [0.25, 0.3) is 33.4 Å². The van der Waals surface area contributed by atoms with E-state index in [4.69, 9.17) is 14.1 Å². The van der Waals surface area contributed by atoms with Gasteiger partial charge in [-0.3, -0.25) is 0 Å². The van der Waals surface area contributed by atoms with Crippen molar-refractivity contribution in [1.82, 2.24) is 19.9 Å². The molecule has 0 spiro atoms. The highest BCUT2D eigenvalue weighted by Gasteiger charge is 2.16. The van der Waals surface area contributed by atoms with Crippen LogP contribution in [0, 0.1) is 13.8 Å². The number of rotatable bonds is 8. The van der Waals surface area contributed by atoms with Crippen LogP contribution in [0.5, 0.6) is 0 Å². The molecule has 2 atom stereocenters. The van der Waals surface area contributed by atoms with Crippen LogP contribution in [-0.4, -0.2) is 39.2 Å². The van der Waals surface area contributed by atoms with Crippen molar-refractivity contribution in [3.05, 3.63) is 84.1 Å². The summed E-state index contributed by atoms with van der Waals surface area (Å²) in [6.07, 6.45) is 7.96. The van der Waals surface area contributed by atoms with E-state index in [-0.39, 0.29) is 12.1 Å². The molecule has 0 amide bonds. The zero-order valence-electron chi connectivity index (χ0n) is 22.4. The normalized spacial score (nSPS) is 15.9. The van der Waals surface area contributed by atoms with Crippen LogP contribution < -0.4 is 10.6 Å². The lowest BCUT2D eigenvalue weighted by Crippen LogP contribution is -2.19. The Morgan fingerprint density at radius 3 is 2.67 bits per heavy atom. The first-order valence-electron chi connectivity index (χ1n) is 13.4. The monoisotopic (exact) mass is 520 g/mol. The summed E-state index contributed by atoms with van der Waals surface area (Å²) in [5, 5.41) is 7.94. The van der Waals surface area contributed by atoms with Gasteiger partial charge < -0.3 is 19.8 Å². The van der Waals surface area contributed by atoms with E-state index < -0.39 is 0 Å². The lowest BCUT2D eigenvalue weighted by Gasteiger charge is -2.17. The molecule has 8 heteroatoms. The zero-order valence-corrected chi connectivity index (χ0v) is 22.4. The first-order chi connectivity index (χ1) is 19.0. The Balaban J connectivity index is 1.17. The third kappa shape index (κ3) is 5.61. The van der Waals surface area contributed by atoms with Gasteiger partial charge in [-0.1, -0.05) is 18.2 Å². The quantitative estimate of drug-likeness (QED) is 0.232. The third-order valence-corrected chi connectivity index (χ3v) is 7.15. The lowest BCUT2D eigenvalue weighted by molar-refractivity contribution is 0.120. The molecule has 0 radical (unpaired) electrons. The van der Waals surface area contributed by atoms with Gasteiger partial charge in [0.2, 0.25) is 5.95 Å². The Kier molecular flexibility index (Phi) is 6.94. The van der Waals surface area contributed by atoms with Gasteiger partial charge >= 0.3 is 0 Å². The first kappa shape index (κ1) is 25.0. The van der Waals surface area contributed by atoms with Crippen LogP contribution in [0.4, 0.5) is 11.8 Å². The SMILES string of the molecule is Cc1nc(NC(C)c2cccc(-c3cnc(NCC4CCCO4)nc3)c2)cc(-c2ccc3occ(C)c3c2)n1. The molecule has 1 aliphatic rings. The minimum absolute atomic E-state index is 0.0268. The molecule has 6 rings (SSSR count). The predicted molar refractivity (Wildman–Crippen MR) is 154 cm³/mol. The van der Waals surface area contributed by atoms with Crippen LogP contribution in [0.15, 0.2) is 71.6 Å². The first-order valence-corrected chi connectivity index (χ1v) is 13.4. The van der Waals surface area contributed by atoms with Crippen molar-refractivity contribution in [1.29, 1.82) is 0 Å². The van der Waals surface area contributed by atoms with Gasteiger partial charge in [0, 0.05) is 54.2 Å². The molecule has 1 fully saturated rings. The molecule has 1 saturated heterocycles. The number of fused-ring (bicyclic) bond motifs is 1. The number of nitrogens with one attached hydrogen (secondary N) is 2. The van der Waals surface area contributed by atoms with Crippen molar-refractivity contribution in [2.24, 2.45) is 0 Å². The average Bonchev–Trinajstić information content (AvgIpc) is 3.61. The molecule has 0 bridgehead atoms. The van der Waals surface area contributed by atoms with E-state index in [1.54, 1.807) is 6.26 Å². The summed E-state index contributed by atoms with van der Waals surface area (Å²) in [7, 11) is 0. The number of hydrogen-bond donors (Lipinski definition) is 2. The van der Waals surface area contributed by atoms with Gasteiger partial charge in [-0.2, -0.15) is 0 Å². The highest BCUT2D eigenvalue weighted by atomic mass is 16.5. The lowest BCUT2D eigenvalue weighted by atomic mass is 10.0. The second-order valence-corrected chi connectivity index (χ2v) is 10.1. The van der Waals surface area contributed by atoms with E-state index in [1.165, 1.54) is 0 Å². The summed E-state index contributed by atoms with van der Waals surface area (Å²) in [6.45, 7) is 7.68. The van der Waals surface area contributed by atoms with E-state index in [0.717, 1.165) is 76.3 Å². The standard InChI is InChI=1S/C31H32N6O2/c1-19-18-39-29-10-9-24(13-27(19)29)28-14-30(37-21(3)36-28)35-20(2)22-6-4-7-23(12-22)25-15-32-31(33-16-25)34-17-26-8-5-11-38-26/h4,6-7,9-10,12-16,18,20,26H,5,8,11,17H2,1-3H3,(H,32,33,34)(H,35,36,37). The fraction of sp³-hybridized carbons (Fsp3) is 0.290. The average molecular weight is 521 g/mol. The van der Waals surface area contributed by atoms with Gasteiger partial charge in [0.15, 0.2) is 0 Å². The van der Waals surface area contributed by atoms with Crippen molar-refractivity contribution < 1.29 is 9.15 Å². The molecule has 39 heavy (non-hydrogen) atoms. The summed E-state index contributed by atoms with van der Waals surface area (Å²) in [6, 6.07) is 16.6. The minimum atomic E-state index is 0.0268. The molecule has 5 aromatic rings. The number of aryl methyl sites for hydroxylation is 2. The Morgan fingerprint density at radius 2 is 1.85 bits per heavy atom. The molecule has 4 heterocycles. The summed E-state index contributed by atoms with van der Waals surface area (Å²) < 4.78 is 11.3. The summed E-state index contributed by atoms with van der Waals surface area (Å²) in [5.74, 6) is 2.12. The van der Waals surface area contributed by atoms with Crippen LogP contribution in [0.2, 0.25) is 0 Å². The van der Waals surface area contributed by atoms with E-state index in [2.05, 4.69) is 62.8 Å². The van der Waals surface area contributed by atoms with E-state index in [0.29, 0.717) is 11.8 Å². The highest BCUT2D eigenvalue weighted by molar-refractivity contribution is 5.85. The summed E-state index contributed by atoms with van der Waals surface area (Å²) >= 11 is 0. The Labute approximate surface area is 227 Å². The maximum Gasteiger partial charge on any atom is 0.222 e. The van der Waals surface area contributed by atoms with Gasteiger partial charge in [0.25, 0.3) is 0 Å². The Bertz CT molecular complexity index is 1590. The van der Waals surface area contributed by atoms with Crippen LogP contribution >= 0.6 is 0 Å². The number of ether oxygens (including phenoxy) is 1. The molecule has 0 aliphatic carbocycles.